The van der Waals surface area contributed by atoms with Gasteiger partial charge in [-0.25, -0.2) is 0 Å². The second-order valence-corrected chi connectivity index (χ2v) is 4.59. The molecule has 0 saturated carbocycles. The molecule has 1 aromatic carbocycles. The third-order valence-electron chi connectivity index (χ3n) is 2.80. The first-order valence-corrected chi connectivity index (χ1v) is 6.81. The van der Waals surface area contributed by atoms with Gasteiger partial charge in [0.05, 0.1) is 6.61 Å². The lowest BCUT2D eigenvalue weighted by molar-refractivity contribution is 0.0955. The predicted molar refractivity (Wildman–Crippen MR) is 78.8 cm³/mol. The molecule has 1 atom stereocenters. The standard InChI is InChI=1S/C15H24N2O2/c1-5-16-15(18)13-7-8-14(11(3)9-13)17-12(4)10-19-6-2/h7-9,12,17H,5-6,10H2,1-4H3,(H,16,18). The predicted octanol–water partition coefficient (Wildman–Crippen LogP) is 2.58. The Labute approximate surface area is 115 Å². The molecule has 0 heterocycles. The van der Waals surface area contributed by atoms with E-state index < -0.39 is 0 Å². The first-order chi connectivity index (χ1) is 9.08. The zero-order chi connectivity index (χ0) is 14.3. The van der Waals surface area contributed by atoms with Crippen LogP contribution < -0.4 is 10.6 Å². The molecule has 0 radical (unpaired) electrons. The minimum Gasteiger partial charge on any atom is -0.380 e. The first kappa shape index (κ1) is 15.5. The second kappa shape index (κ2) is 7.79. The van der Waals surface area contributed by atoms with E-state index in [4.69, 9.17) is 4.74 Å². The number of rotatable bonds is 7. The fraction of sp³-hybridized carbons (Fsp3) is 0.533. The van der Waals surface area contributed by atoms with Crippen LogP contribution in [-0.2, 0) is 4.74 Å². The van der Waals surface area contributed by atoms with Gasteiger partial charge < -0.3 is 15.4 Å². The van der Waals surface area contributed by atoms with Gasteiger partial charge in [-0.1, -0.05) is 0 Å². The molecule has 0 spiro atoms. The van der Waals surface area contributed by atoms with E-state index in [1.807, 2.05) is 39.0 Å². The number of carbonyl (C=O) groups excluding carboxylic acids is 1. The average Bonchev–Trinajstić information content (AvgIpc) is 2.39. The maximum Gasteiger partial charge on any atom is 0.251 e. The van der Waals surface area contributed by atoms with Crippen LogP contribution in [0.2, 0.25) is 0 Å². The topological polar surface area (TPSA) is 50.4 Å². The van der Waals surface area contributed by atoms with Crippen molar-refractivity contribution < 1.29 is 9.53 Å². The maximum atomic E-state index is 11.7. The molecule has 19 heavy (non-hydrogen) atoms. The summed E-state index contributed by atoms with van der Waals surface area (Å²) in [5, 5.41) is 6.18. The van der Waals surface area contributed by atoms with Crippen molar-refractivity contribution in [3.8, 4) is 0 Å². The van der Waals surface area contributed by atoms with Crippen molar-refractivity contribution in [2.45, 2.75) is 33.7 Å². The highest BCUT2D eigenvalue weighted by Gasteiger charge is 2.08. The number of amides is 1. The van der Waals surface area contributed by atoms with Crippen LogP contribution in [0.25, 0.3) is 0 Å². The van der Waals surface area contributed by atoms with Crippen LogP contribution in [0, 0.1) is 6.92 Å². The zero-order valence-corrected chi connectivity index (χ0v) is 12.2. The monoisotopic (exact) mass is 264 g/mol. The average molecular weight is 264 g/mol. The van der Waals surface area contributed by atoms with Crippen molar-refractivity contribution in [2.75, 3.05) is 25.1 Å². The summed E-state index contributed by atoms with van der Waals surface area (Å²) in [6.07, 6.45) is 0. The Hall–Kier alpha value is -1.55. The number of anilines is 1. The minimum atomic E-state index is -0.0282. The molecule has 0 aromatic heterocycles. The molecule has 4 nitrogen and oxygen atoms in total. The van der Waals surface area contributed by atoms with E-state index in [0.29, 0.717) is 18.7 Å². The Kier molecular flexibility index (Phi) is 6.36. The smallest absolute Gasteiger partial charge is 0.251 e. The second-order valence-electron chi connectivity index (χ2n) is 4.59. The molecule has 106 valence electrons. The molecule has 0 saturated heterocycles. The van der Waals surface area contributed by atoms with Gasteiger partial charge in [0.15, 0.2) is 0 Å². The Morgan fingerprint density at radius 2 is 2.11 bits per heavy atom. The Morgan fingerprint density at radius 3 is 2.68 bits per heavy atom. The molecule has 0 aliphatic heterocycles. The van der Waals surface area contributed by atoms with Gasteiger partial charge in [-0.05, 0) is 51.5 Å². The van der Waals surface area contributed by atoms with E-state index in [1.54, 1.807) is 0 Å². The Morgan fingerprint density at radius 1 is 1.37 bits per heavy atom. The summed E-state index contributed by atoms with van der Waals surface area (Å²) < 4.78 is 5.37. The molecule has 2 N–H and O–H groups in total. The summed E-state index contributed by atoms with van der Waals surface area (Å²) in [5.74, 6) is -0.0282. The number of hydrogen-bond acceptors (Lipinski definition) is 3. The van der Waals surface area contributed by atoms with Crippen LogP contribution in [0.3, 0.4) is 0 Å². The summed E-state index contributed by atoms with van der Waals surface area (Å²) in [5.41, 5.74) is 2.80. The first-order valence-electron chi connectivity index (χ1n) is 6.81. The van der Waals surface area contributed by atoms with Crippen LogP contribution in [0.5, 0.6) is 0 Å². The van der Waals surface area contributed by atoms with Crippen LogP contribution in [0.15, 0.2) is 18.2 Å². The van der Waals surface area contributed by atoms with E-state index in [0.717, 1.165) is 17.9 Å². The Balaban J connectivity index is 2.69. The number of benzene rings is 1. The van der Waals surface area contributed by atoms with E-state index in [2.05, 4.69) is 17.6 Å². The van der Waals surface area contributed by atoms with E-state index in [-0.39, 0.29) is 11.9 Å². The molecule has 1 amide bonds. The third-order valence-corrected chi connectivity index (χ3v) is 2.80. The number of aryl methyl sites for hydroxylation is 1. The van der Waals surface area contributed by atoms with Gasteiger partial charge in [0.2, 0.25) is 0 Å². The lowest BCUT2D eigenvalue weighted by atomic mass is 10.1. The molecule has 1 rings (SSSR count). The van der Waals surface area contributed by atoms with Crippen molar-refractivity contribution >= 4 is 11.6 Å². The van der Waals surface area contributed by atoms with Crippen molar-refractivity contribution in [3.05, 3.63) is 29.3 Å². The van der Waals surface area contributed by atoms with Gasteiger partial charge in [0.1, 0.15) is 0 Å². The molecule has 1 unspecified atom stereocenters. The Bertz CT molecular complexity index is 419. The molecule has 0 aliphatic rings. The molecule has 0 fully saturated rings. The highest BCUT2D eigenvalue weighted by atomic mass is 16.5. The number of ether oxygens (including phenoxy) is 1. The SMILES string of the molecule is CCNC(=O)c1ccc(NC(C)COCC)c(C)c1. The van der Waals surface area contributed by atoms with Gasteiger partial charge in [0, 0.05) is 30.4 Å². The van der Waals surface area contributed by atoms with Crippen molar-refractivity contribution in [3.63, 3.8) is 0 Å². The van der Waals surface area contributed by atoms with Crippen molar-refractivity contribution in [1.82, 2.24) is 5.32 Å². The lowest BCUT2D eigenvalue weighted by Crippen LogP contribution is -2.24. The van der Waals surface area contributed by atoms with Crippen molar-refractivity contribution in [2.24, 2.45) is 0 Å². The van der Waals surface area contributed by atoms with Crippen LogP contribution in [0.4, 0.5) is 5.69 Å². The van der Waals surface area contributed by atoms with Gasteiger partial charge >= 0.3 is 0 Å². The number of hydrogen-bond donors (Lipinski definition) is 2. The zero-order valence-electron chi connectivity index (χ0n) is 12.2. The van der Waals surface area contributed by atoms with E-state index in [9.17, 15) is 4.79 Å². The fourth-order valence-electron chi connectivity index (χ4n) is 1.83. The summed E-state index contributed by atoms with van der Waals surface area (Å²) in [4.78, 5) is 11.7. The molecule has 1 aromatic rings. The quantitative estimate of drug-likeness (QED) is 0.796. The lowest BCUT2D eigenvalue weighted by Gasteiger charge is -2.17. The van der Waals surface area contributed by atoms with Crippen molar-refractivity contribution in [1.29, 1.82) is 0 Å². The normalized spacial score (nSPS) is 12.0. The summed E-state index contributed by atoms with van der Waals surface area (Å²) in [6.45, 7) is 10.0. The number of nitrogens with one attached hydrogen (secondary N) is 2. The fourth-order valence-corrected chi connectivity index (χ4v) is 1.83. The van der Waals surface area contributed by atoms with Crippen LogP contribution in [-0.4, -0.2) is 31.7 Å². The van der Waals surface area contributed by atoms with E-state index in [1.165, 1.54) is 0 Å². The summed E-state index contributed by atoms with van der Waals surface area (Å²) in [7, 11) is 0. The minimum absolute atomic E-state index is 0.0282. The van der Waals surface area contributed by atoms with Gasteiger partial charge in [0.25, 0.3) is 5.91 Å². The van der Waals surface area contributed by atoms with Crippen LogP contribution in [0.1, 0.15) is 36.7 Å². The molecule has 0 aliphatic carbocycles. The van der Waals surface area contributed by atoms with Crippen LogP contribution >= 0.6 is 0 Å². The molecule has 4 heteroatoms. The van der Waals surface area contributed by atoms with Gasteiger partial charge in [-0.2, -0.15) is 0 Å². The molecule has 0 bridgehead atoms. The van der Waals surface area contributed by atoms with Gasteiger partial charge in [-0.3, -0.25) is 4.79 Å². The third kappa shape index (κ3) is 4.91. The number of carbonyl (C=O) groups is 1. The highest BCUT2D eigenvalue weighted by Crippen LogP contribution is 2.17. The van der Waals surface area contributed by atoms with E-state index >= 15 is 0 Å². The molecular weight excluding hydrogens is 240 g/mol. The summed E-state index contributed by atoms with van der Waals surface area (Å²) in [6, 6.07) is 5.94. The largest absolute Gasteiger partial charge is 0.380 e. The highest BCUT2D eigenvalue weighted by molar-refractivity contribution is 5.94. The van der Waals surface area contributed by atoms with Gasteiger partial charge in [-0.15, -0.1) is 0 Å². The molecular formula is C15H24N2O2. The maximum absolute atomic E-state index is 11.7. The summed E-state index contributed by atoms with van der Waals surface area (Å²) >= 11 is 0.